The summed E-state index contributed by atoms with van der Waals surface area (Å²) < 4.78 is 1.99. The fourth-order valence-corrected chi connectivity index (χ4v) is 3.73. The highest BCUT2D eigenvalue weighted by Gasteiger charge is 2.32. The topological polar surface area (TPSA) is 57.5 Å². The van der Waals surface area contributed by atoms with Crippen LogP contribution in [0.3, 0.4) is 0 Å². The Morgan fingerprint density at radius 3 is 2.77 bits per heavy atom. The molecule has 0 spiro atoms. The van der Waals surface area contributed by atoms with E-state index in [9.17, 15) is 4.79 Å². The molecule has 3 aromatic rings. The van der Waals surface area contributed by atoms with E-state index < -0.39 is 0 Å². The van der Waals surface area contributed by atoms with Crippen molar-refractivity contribution in [3.63, 3.8) is 0 Å². The quantitative estimate of drug-likeness (QED) is 0.729. The second kappa shape index (κ2) is 5.72. The highest BCUT2D eigenvalue weighted by molar-refractivity contribution is 5.93. The second-order valence-corrected chi connectivity index (χ2v) is 6.94. The Balaban J connectivity index is 1.32. The van der Waals surface area contributed by atoms with Crippen molar-refractivity contribution in [2.75, 3.05) is 43.0 Å². The van der Waals surface area contributed by atoms with Crippen LogP contribution in [0.15, 0.2) is 48.9 Å². The van der Waals surface area contributed by atoms with Crippen LogP contribution in [-0.2, 0) is 0 Å². The van der Waals surface area contributed by atoms with Crippen LogP contribution in [0.25, 0.3) is 10.9 Å². The minimum atomic E-state index is 0.0445. The monoisotopic (exact) mass is 348 g/mol. The van der Waals surface area contributed by atoms with Gasteiger partial charge in [-0.15, -0.1) is 0 Å². The van der Waals surface area contributed by atoms with E-state index in [1.807, 2.05) is 36.3 Å². The highest BCUT2D eigenvalue weighted by Crippen LogP contribution is 2.33. The van der Waals surface area contributed by atoms with Gasteiger partial charge in [-0.05, 0) is 12.1 Å². The molecule has 0 unspecified atom stereocenters. The van der Waals surface area contributed by atoms with E-state index in [4.69, 9.17) is 0 Å². The van der Waals surface area contributed by atoms with Crippen LogP contribution in [-0.4, -0.2) is 58.9 Å². The third-order valence-corrected chi connectivity index (χ3v) is 5.32. The SMILES string of the molecule is CN1CCN(c2cnn(C3CN(c4ccnc5ccccc45)C3)c2)C1=O. The summed E-state index contributed by atoms with van der Waals surface area (Å²) in [5.74, 6) is 0. The lowest BCUT2D eigenvalue weighted by Crippen LogP contribution is -2.48. The zero-order valence-electron chi connectivity index (χ0n) is 14.6. The van der Waals surface area contributed by atoms with Crippen molar-refractivity contribution in [3.8, 4) is 0 Å². The van der Waals surface area contributed by atoms with Gasteiger partial charge in [0.05, 0.1) is 23.4 Å². The number of fused-ring (bicyclic) bond motifs is 1. The van der Waals surface area contributed by atoms with Gasteiger partial charge in [-0.25, -0.2) is 4.79 Å². The molecule has 2 amide bonds. The number of carbonyl (C=O) groups is 1. The number of amides is 2. The smallest absolute Gasteiger partial charge is 0.324 e. The first-order valence-electron chi connectivity index (χ1n) is 8.86. The maximum absolute atomic E-state index is 12.1. The van der Waals surface area contributed by atoms with Crippen molar-refractivity contribution in [1.82, 2.24) is 19.7 Å². The molecule has 7 heteroatoms. The number of anilines is 2. The van der Waals surface area contributed by atoms with Crippen LogP contribution >= 0.6 is 0 Å². The lowest BCUT2D eigenvalue weighted by molar-refractivity contribution is 0.229. The average Bonchev–Trinajstić information content (AvgIpc) is 3.22. The summed E-state index contributed by atoms with van der Waals surface area (Å²) in [6, 6.07) is 10.7. The molecule has 4 heterocycles. The van der Waals surface area contributed by atoms with Gasteiger partial charge >= 0.3 is 6.03 Å². The van der Waals surface area contributed by atoms with E-state index in [1.165, 1.54) is 11.1 Å². The van der Waals surface area contributed by atoms with E-state index in [-0.39, 0.29) is 6.03 Å². The lowest BCUT2D eigenvalue weighted by atomic mass is 10.1. The molecule has 0 N–H and O–H groups in total. The summed E-state index contributed by atoms with van der Waals surface area (Å²) >= 11 is 0. The Labute approximate surface area is 151 Å². The summed E-state index contributed by atoms with van der Waals surface area (Å²) in [5.41, 5.74) is 3.12. The normalized spacial score (nSPS) is 18.0. The Kier molecular flexibility index (Phi) is 3.34. The van der Waals surface area contributed by atoms with E-state index in [2.05, 4.69) is 33.2 Å². The number of carbonyl (C=O) groups excluding carboxylic acids is 1. The summed E-state index contributed by atoms with van der Waals surface area (Å²) in [6.07, 6.45) is 5.65. The fraction of sp³-hybridized carbons (Fsp3) is 0.316. The first kappa shape index (κ1) is 15.2. The maximum atomic E-state index is 12.1. The molecule has 0 saturated carbocycles. The van der Waals surface area contributed by atoms with E-state index >= 15 is 0 Å². The van der Waals surface area contributed by atoms with Gasteiger partial charge in [0.15, 0.2) is 0 Å². The first-order chi connectivity index (χ1) is 12.7. The molecule has 0 atom stereocenters. The van der Waals surface area contributed by atoms with Crippen molar-refractivity contribution in [2.45, 2.75) is 6.04 Å². The molecule has 26 heavy (non-hydrogen) atoms. The molecule has 132 valence electrons. The molecular weight excluding hydrogens is 328 g/mol. The second-order valence-electron chi connectivity index (χ2n) is 6.94. The lowest BCUT2D eigenvalue weighted by Gasteiger charge is -2.41. The van der Waals surface area contributed by atoms with Crippen LogP contribution in [0.2, 0.25) is 0 Å². The largest absolute Gasteiger partial charge is 0.367 e. The predicted octanol–water partition coefficient (Wildman–Crippen LogP) is 2.36. The summed E-state index contributed by atoms with van der Waals surface area (Å²) in [6.45, 7) is 3.29. The Hall–Kier alpha value is -3.09. The maximum Gasteiger partial charge on any atom is 0.324 e. The van der Waals surface area contributed by atoms with Gasteiger partial charge < -0.3 is 9.80 Å². The van der Waals surface area contributed by atoms with Gasteiger partial charge in [0.25, 0.3) is 0 Å². The molecule has 0 bridgehead atoms. The number of rotatable bonds is 3. The van der Waals surface area contributed by atoms with Gasteiger partial charge in [-0.1, -0.05) is 18.2 Å². The highest BCUT2D eigenvalue weighted by atomic mass is 16.2. The summed E-state index contributed by atoms with van der Waals surface area (Å²) in [5, 5.41) is 5.68. The Morgan fingerprint density at radius 2 is 1.96 bits per heavy atom. The van der Waals surface area contributed by atoms with Crippen molar-refractivity contribution in [1.29, 1.82) is 0 Å². The molecule has 1 aromatic carbocycles. The molecular formula is C19H20N6O. The summed E-state index contributed by atoms with van der Waals surface area (Å²) in [4.78, 5) is 22.4. The molecule has 2 aliphatic heterocycles. The molecule has 2 aliphatic rings. The number of pyridine rings is 1. The number of urea groups is 1. The molecule has 2 fully saturated rings. The van der Waals surface area contributed by atoms with Crippen LogP contribution in [0, 0.1) is 0 Å². The van der Waals surface area contributed by atoms with E-state index in [0.29, 0.717) is 6.04 Å². The van der Waals surface area contributed by atoms with Gasteiger partial charge in [-0.2, -0.15) is 5.10 Å². The Bertz CT molecular complexity index is 972. The van der Waals surface area contributed by atoms with Gasteiger partial charge in [0, 0.05) is 56.7 Å². The minimum Gasteiger partial charge on any atom is -0.367 e. The standard InChI is InChI=1S/C19H20N6O/c1-22-8-9-24(19(22)26)14-10-21-25(13-14)15-11-23(12-15)18-6-7-20-17-5-3-2-4-16(17)18/h2-7,10,13,15H,8-9,11-12H2,1H3. The number of aromatic nitrogens is 3. The van der Waals surface area contributed by atoms with E-state index in [1.54, 1.807) is 16.0 Å². The first-order valence-corrected chi connectivity index (χ1v) is 8.86. The molecule has 0 radical (unpaired) electrons. The zero-order chi connectivity index (χ0) is 17.7. The van der Waals surface area contributed by atoms with Crippen LogP contribution in [0.1, 0.15) is 6.04 Å². The number of para-hydroxylation sites is 1. The number of likely N-dealkylation sites (N-methyl/N-ethyl adjacent to an activating group) is 1. The number of nitrogens with zero attached hydrogens (tertiary/aromatic N) is 6. The minimum absolute atomic E-state index is 0.0445. The number of hydrogen-bond donors (Lipinski definition) is 0. The third kappa shape index (κ3) is 2.31. The molecule has 7 nitrogen and oxygen atoms in total. The number of hydrogen-bond acceptors (Lipinski definition) is 4. The zero-order valence-corrected chi connectivity index (χ0v) is 14.6. The van der Waals surface area contributed by atoms with Crippen molar-refractivity contribution in [3.05, 3.63) is 48.9 Å². The van der Waals surface area contributed by atoms with Gasteiger partial charge in [0.1, 0.15) is 0 Å². The molecule has 2 aromatic heterocycles. The van der Waals surface area contributed by atoms with Gasteiger partial charge in [-0.3, -0.25) is 14.6 Å². The molecule has 0 aliphatic carbocycles. The third-order valence-electron chi connectivity index (χ3n) is 5.32. The molecule has 2 saturated heterocycles. The van der Waals surface area contributed by atoms with E-state index in [0.717, 1.165) is 37.4 Å². The van der Waals surface area contributed by atoms with Gasteiger partial charge in [0.2, 0.25) is 0 Å². The average molecular weight is 348 g/mol. The molecule has 5 rings (SSSR count). The van der Waals surface area contributed by atoms with Crippen molar-refractivity contribution >= 4 is 28.3 Å². The number of benzene rings is 1. The van der Waals surface area contributed by atoms with Crippen LogP contribution in [0.5, 0.6) is 0 Å². The van der Waals surface area contributed by atoms with Crippen molar-refractivity contribution in [2.24, 2.45) is 0 Å². The fourth-order valence-electron chi connectivity index (χ4n) is 3.73. The van der Waals surface area contributed by atoms with Crippen LogP contribution < -0.4 is 9.80 Å². The van der Waals surface area contributed by atoms with Crippen LogP contribution in [0.4, 0.5) is 16.2 Å². The predicted molar refractivity (Wildman–Crippen MR) is 101 cm³/mol. The summed E-state index contributed by atoms with van der Waals surface area (Å²) in [7, 11) is 1.83. The van der Waals surface area contributed by atoms with Crippen molar-refractivity contribution < 1.29 is 4.79 Å². The Morgan fingerprint density at radius 1 is 1.12 bits per heavy atom.